The molecule has 43 heavy (non-hydrogen) atoms. The first-order valence-electron chi connectivity index (χ1n) is 13.7. The van der Waals surface area contributed by atoms with Crippen LogP contribution in [0.25, 0.3) is 0 Å². The van der Waals surface area contributed by atoms with E-state index in [-0.39, 0.29) is 30.3 Å². The number of halogens is 2. The number of amides is 2. The summed E-state index contributed by atoms with van der Waals surface area (Å²) in [6.45, 7) is 1.78. The van der Waals surface area contributed by atoms with Gasteiger partial charge in [-0.3, -0.25) is 13.9 Å². The van der Waals surface area contributed by atoms with Gasteiger partial charge in [-0.25, -0.2) is 8.42 Å². The van der Waals surface area contributed by atoms with E-state index in [2.05, 4.69) is 5.32 Å². The first kappa shape index (κ1) is 34.0. The van der Waals surface area contributed by atoms with Crippen LogP contribution in [0.5, 0.6) is 11.5 Å². The third-order valence-corrected chi connectivity index (χ3v) is 8.50. The lowest BCUT2D eigenvalue weighted by Gasteiger charge is -2.34. The molecule has 0 fully saturated rings. The summed E-state index contributed by atoms with van der Waals surface area (Å²) in [7, 11) is -1.12. The monoisotopic (exact) mass is 649 g/mol. The average Bonchev–Trinajstić information content (AvgIpc) is 2.98. The highest BCUT2D eigenvalue weighted by Crippen LogP contribution is 2.34. The number of carbonyl (C=O) groups is 2. The lowest BCUT2D eigenvalue weighted by Crippen LogP contribution is -2.53. The Labute approximate surface area is 263 Å². The van der Waals surface area contributed by atoms with Crippen LogP contribution in [0.15, 0.2) is 66.7 Å². The largest absolute Gasteiger partial charge is 0.497 e. The van der Waals surface area contributed by atoms with Crippen molar-refractivity contribution in [2.75, 3.05) is 37.9 Å². The van der Waals surface area contributed by atoms with Crippen LogP contribution in [0.3, 0.4) is 0 Å². The first-order valence-corrected chi connectivity index (χ1v) is 16.3. The van der Waals surface area contributed by atoms with Gasteiger partial charge in [-0.05, 0) is 41.8 Å². The van der Waals surface area contributed by atoms with Gasteiger partial charge < -0.3 is 19.7 Å². The summed E-state index contributed by atoms with van der Waals surface area (Å²) in [6, 6.07) is 17.8. The van der Waals surface area contributed by atoms with Crippen LogP contribution in [-0.4, -0.2) is 64.7 Å². The third kappa shape index (κ3) is 9.51. The predicted molar refractivity (Wildman–Crippen MR) is 171 cm³/mol. The number of nitrogens with zero attached hydrogens (tertiary/aromatic N) is 2. The number of hydrogen-bond donors (Lipinski definition) is 1. The maximum absolute atomic E-state index is 14.3. The van der Waals surface area contributed by atoms with E-state index in [1.807, 2.05) is 37.3 Å². The fourth-order valence-corrected chi connectivity index (χ4v) is 5.80. The van der Waals surface area contributed by atoms with Gasteiger partial charge in [0.15, 0.2) is 0 Å². The molecule has 0 bridgehead atoms. The lowest BCUT2D eigenvalue weighted by molar-refractivity contribution is -0.140. The number of ether oxygens (including phenoxy) is 2. The molecule has 2 amide bonds. The summed E-state index contributed by atoms with van der Waals surface area (Å²) >= 11 is 12.6. The number of nitrogens with one attached hydrogen (secondary N) is 1. The number of rotatable bonds is 15. The molecule has 0 aromatic heterocycles. The highest BCUT2D eigenvalue weighted by atomic mass is 35.5. The van der Waals surface area contributed by atoms with Gasteiger partial charge in [0.2, 0.25) is 21.8 Å². The number of hydrogen-bond acceptors (Lipinski definition) is 6. The van der Waals surface area contributed by atoms with Crippen molar-refractivity contribution in [3.8, 4) is 11.5 Å². The molecule has 232 valence electrons. The Morgan fingerprint density at radius 1 is 0.977 bits per heavy atom. The second-order valence-corrected chi connectivity index (χ2v) is 12.7. The number of methoxy groups -OCH3 is 2. The standard InChI is InChI=1S/C31H37Cl2N3O6S/c1-5-6-16-34-31(38)28(17-22-10-8-7-9-11-22)35(20-23-12-13-24(32)18-26(23)33)30(37)21-36(43(4,39)40)27-15-14-25(41-2)19-29(27)42-3/h7-15,18-19,28H,5-6,16-17,20-21H2,1-4H3,(H,34,38)/t28-/m0/s1. The predicted octanol–water partition coefficient (Wildman–Crippen LogP) is 5.33. The van der Waals surface area contributed by atoms with Crippen molar-refractivity contribution in [3.05, 3.63) is 87.9 Å². The Hall–Kier alpha value is -3.47. The Morgan fingerprint density at radius 2 is 1.70 bits per heavy atom. The van der Waals surface area contributed by atoms with Gasteiger partial charge in [-0.15, -0.1) is 0 Å². The molecular formula is C31H37Cl2N3O6S. The average molecular weight is 651 g/mol. The SMILES string of the molecule is CCCCNC(=O)[C@H](Cc1ccccc1)N(Cc1ccc(Cl)cc1Cl)C(=O)CN(c1ccc(OC)cc1OC)S(C)(=O)=O. The van der Waals surface area contributed by atoms with Gasteiger partial charge in [0.25, 0.3) is 0 Å². The van der Waals surface area contributed by atoms with Crippen LogP contribution in [0.1, 0.15) is 30.9 Å². The zero-order valence-electron chi connectivity index (χ0n) is 24.7. The van der Waals surface area contributed by atoms with E-state index < -0.39 is 28.5 Å². The molecule has 0 saturated carbocycles. The molecule has 1 atom stereocenters. The molecular weight excluding hydrogens is 613 g/mol. The number of benzene rings is 3. The smallest absolute Gasteiger partial charge is 0.244 e. The summed E-state index contributed by atoms with van der Waals surface area (Å²) in [5.74, 6) is -0.321. The van der Waals surface area contributed by atoms with Crippen LogP contribution < -0.4 is 19.1 Å². The van der Waals surface area contributed by atoms with E-state index in [4.69, 9.17) is 32.7 Å². The highest BCUT2D eigenvalue weighted by molar-refractivity contribution is 7.92. The molecule has 3 aromatic rings. The molecule has 1 N–H and O–H groups in total. The van der Waals surface area contributed by atoms with Crippen molar-refractivity contribution in [1.29, 1.82) is 0 Å². The topological polar surface area (TPSA) is 105 Å². The van der Waals surface area contributed by atoms with Gasteiger partial charge in [0.1, 0.15) is 24.1 Å². The molecule has 0 unspecified atom stereocenters. The molecule has 0 spiro atoms. The fourth-order valence-electron chi connectivity index (χ4n) is 4.48. The minimum absolute atomic E-state index is 0.0646. The van der Waals surface area contributed by atoms with Crippen LogP contribution in [-0.2, 0) is 32.6 Å². The highest BCUT2D eigenvalue weighted by Gasteiger charge is 2.34. The second kappa shape index (κ2) is 15.8. The Bertz CT molecular complexity index is 1500. The Morgan fingerprint density at radius 3 is 2.30 bits per heavy atom. The molecule has 0 aliphatic carbocycles. The normalized spacial score (nSPS) is 11.9. The maximum Gasteiger partial charge on any atom is 0.244 e. The molecule has 0 radical (unpaired) electrons. The van der Waals surface area contributed by atoms with Crippen molar-refractivity contribution in [2.45, 2.75) is 38.8 Å². The van der Waals surface area contributed by atoms with Crippen LogP contribution in [0.2, 0.25) is 10.0 Å². The first-order chi connectivity index (χ1) is 20.5. The van der Waals surface area contributed by atoms with E-state index >= 15 is 0 Å². The van der Waals surface area contributed by atoms with Crippen molar-refractivity contribution in [3.63, 3.8) is 0 Å². The van der Waals surface area contributed by atoms with E-state index in [0.717, 1.165) is 29.0 Å². The maximum atomic E-state index is 14.3. The van der Waals surface area contributed by atoms with E-state index in [9.17, 15) is 18.0 Å². The zero-order chi connectivity index (χ0) is 31.6. The third-order valence-electron chi connectivity index (χ3n) is 6.79. The van der Waals surface area contributed by atoms with Crippen molar-refractivity contribution in [2.24, 2.45) is 0 Å². The molecule has 0 heterocycles. The summed E-state index contributed by atoms with van der Waals surface area (Å²) in [6.07, 6.45) is 2.84. The number of carbonyl (C=O) groups excluding carboxylic acids is 2. The molecule has 3 rings (SSSR count). The minimum atomic E-state index is -3.99. The number of sulfonamides is 1. The van der Waals surface area contributed by atoms with Crippen LogP contribution >= 0.6 is 23.2 Å². The molecule has 0 saturated heterocycles. The fraction of sp³-hybridized carbons (Fsp3) is 0.355. The Balaban J connectivity index is 2.10. The zero-order valence-corrected chi connectivity index (χ0v) is 27.0. The molecule has 3 aromatic carbocycles. The van der Waals surface area contributed by atoms with E-state index in [0.29, 0.717) is 27.9 Å². The summed E-state index contributed by atoms with van der Waals surface area (Å²) < 4.78 is 37.8. The molecule has 12 heteroatoms. The van der Waals surface area contributed by atoms with Crippen LogP contribution in [0, 0.1) is 0 Å². The van der Waals surface area contributed by atoms with Gasteiger partial charge in [-0.2, -0.15) is 0 Å². The van der Waals surface area contributed by atoms with E-state index in [1.165, 1.54) is 31.3 Å². The van der Waals surface area contributed by atoms with Crippen molar-refractivity contribution >= 4 is 50.7 Å². The lowest BCUT2D eigenvalue weighted by atomic mass is 10.0. The number of unbranched alkanes of at least 4 members (excludes halogenated alkanes) is 1. The van der Waals surface area contributed by atoms with Gasteiger partial charge in [0.05, 0.1) is 26.2 Å². The van der Waals surface area contributed by atoms with E-state index in [1.54, 1.807) is 24.3 Å². The molecule has 9 nitrogen and oxygen atoms in total. The second-order valence-electron chi connectivity index (χ2n) is 9.91. The summed E-state index contributed by atoms with van der Waals surface area (Å²) in [5.41, 5.74) is 1.53. The quantitative estimate of drug-likeness (QED) is 0.223. The van der Waals surface area contributed by atoms with Crippen LogP contribution in [0.4, 0.5) is 5.69 Å². The minimum Gasteiger partial charge on any atom is -0.497 e. The van der Waals surface area contributed by atoms with Gasteiger partial charge in [-0.1, -0.05) is 72.9 Å². The molecule has 0 aliphatic rings. The summed E-state index contributed by atoms with van der Waals surface area (Å²) in [5, 5.41) is 3.67. The Kier molecular flexibility index (Phi) is 12.5. The van der Waals surface area contributed by atoms with Crippen molar-refractivity contribution in [1.82, 2.24) is 10.2 Å². The van der Waals surface area contributed by atoms with Crippen molar-refractivity contribution < 1.29 is 27.5 Å². The van der Waals surface area contributed by atoms with Gasteiger partial charge >= 0.3 is 0 Å². The summed E-state index contributed by atoms with van der Waals surface area (Å²) in [4.78, 5) is 29.3. The number of anilines is 1. The van der Waals surface area contributed by atoms with Gasteiger partial charge in [0, 0.05) is 35.6 Å². The molecule has 0 aliphatic heterocycles.